The van der Waals surface area contributed by atoms with Crippen molar-refractivity contribution in [3.8, 4) is 11.4 Å². The van der Waals surface area contributed by atoms with Crippen LogP contribution in [0.1, 0.15) is 37.8 Å². The molecule has 0 saturated carbocycles. The number of thiophene rings is 1. The summed E-state index contributed by atoms with van der Waals surface area (Å²) < 4.78 is 5.26. The molecule has 0 spiro atoms. The molecule has 0 aliphatic heterocycles. The van der Waals surface area contributed by atoms with E-state index < -0.39 is 0 Å². The summed E-state index contributed by atoms with van der Waals surface area (Å²) in [6, 6.07) is 12.4. The molecule has 0 bridgehead atoms. The van der Waals surface area contributed by atoms with Gasteiger partial charge in [-0.2, -0.15) is 16.3 Å². The van der Waals surface area contributed by atoms with E-state index in [-0.39, 0.29) is 11.9 Å². The topological polar surface area (TPSA) is 71.3 Å². The molecule has 148 valence electrons. The lowest BCUT2D eigenvalue weighted by Gasteiger charge is -2.30. The van der Waals surface area contributed by atoms with E-state index in [4.69, 9.17) is 4.52 Å². The highest BCUT2D eigenvalue weighted by Crippen LogP contribution is 2.20. The van der Waals surface area contributed by atoms with Crippen molar-refractivity contribution in [2.75, 3.05) is 19.6 Å². The Morgan fingerprint density at radius 2 is 2.00 bits per heavy atom. The molecule has 0 radical (unpaired) electrons. The molecule has 3 rings (SSSR count). The van der Waals surface area contributed by atoms with Gasteiger partial charge in [0, 0.05) is 30.3 Å². The first-order chi connectivity index (χ1) is 13.7. The molecule has 6 nitrogen and oxygen atoms in total. The molecule has 2 heterocycles. The molecule has 0 aliphatic carbocycles. The number of hydrogen-bond donors (Lipinski definition) is 1. The molecule has 3 aromatic rings. The Morgan fingerprint density at radius 1 is 1.21 bits per heavy atom. The maximum absolute atomic E-state index is 12.4. The summed E-state index contributed by atoms with van der Waals surface area (Å²) in [5.74, 6) is 1.05. The Kier molecular flexibility index (Phi) is 7.33. The maximum Gasteiger partial charge on any atom is 0.227 e. The molecule has 1 N–H and O–H groups in total. The van der Waals surface area contributed by atoms with Crippen molar-refractivity contribution in [2.45, 2.75) is 32.7 Å². The number of hydrogen-bond acceptors (Lipinski definition) is 6. The number of carbonyl (C=O) groups excluding carboxylic acids is 1. The van der Waals surface area contributed by atoms with Gasteiger partial charge in [-0.15, -0.1) is 0 Å². The van der Waals surface area contributed by atoms with E-state index in [1.165, 1.54) is 5.56 Å². The van der Waals surface area contributed by atoms with Gasteiger partial charge in [0.15, 0.2) is 0 Å². The molecule has 0 fully saturated rings. The van der Waals surface area contributed by atoms with Crippen molar-refractivity contribution in [3.63, 3.8) is 0 Å². The Bertz CT molecular complexity index is 844. The first-order valence-electron chi connectivity index (χ1n) is 9.62. The number of aromatic nitrogens is 2. The number of nitrogens with one attached hydrogen (secondary N) is 1. The Hall–Kier alpha value is -2.51. The van der Waals surface area contributed by atoms with Crippen LogP contribution in [0.3, 0.4) is 0 Å². The molecule has 2 aromatic heterocycles. The summed E-state index contributed by atoms with van der Waals surface area (Å²) in [4.78, 5) is 19.1. The molecular weight excluding hydrogens is 372 g/mol. The van der Waals surface area contributed by atoms with Gasteiger partial charge in [0.1, 0.15) is 0 Å². The SMILES string of the molecule is CCN(CC)C(CNC(=O)CCc1nc(-c2ccsc2)no1)c1ccccc1. The van der Waals surface area contributed by atoms with Gasteiger partial charge in [0.2, 0.25) is 17.6 Å². The number of amides is 1. The van der Waals surface area contributed by atoms with E-state index in [1.54, 1.807) is 11.3 Å². The zero-order valence-corrected chi connectivity index (χ0v) is 17.1. The number of rotatable bonds is 10. The summed E-state index contributed by atoms with van der Waals surface area (Å²) in [7, 11) is 0. The van der Waals surface area contributed by atoms with Crippen LogP contribution in [0.4, 0.5) is 0 Å². The normalized spacial score (nSPS) is 12.2. The van der Waals surface area contributed by atoms with Crippen molar-refractivity contribution in [3.05, 3.63) is 58.6 Å². The van der Waals surface area contributed by atoms with Crippen LogP contribution in [0.5, 0.6) is 0 Å². The number of benzene rings is 1. The first-order valence-corrected chi connectivity index (χ1v) is 10.6. The molecule has 1 aromatic carbocycles. The van der Waals surface area contributed by atoms with Crippen molar-refractivity contribution in [1.82, 2.24) is 20.4 Å². The zero-order valence-electron chi connectivity index (χ0n) is 16.3. The van der Waals surface area contributed by atoms with Gasteiger partial charge in [-0.3, -0.25) is 9.69 Å². The van der Waals surface area contributed by atoms with Gasteiger partial charge >= 0.3 is 0 Å². The van der Waals surface area contributed by atoms with Crippen molar-refractivity contribution < 1.29 is 9.32 Å². The van der Waals surface area contributed by atoms with Crippen LogP contribution >= 0.6 is 11.3 Å². The minimum atomic E-state index is -0.0108. The van der Waals surface area contributed by atoms with Crippen LogP contribution in [0.15, 0.2) is 51.7 Å². The second-order valence-electron chi connectivity index (χ2n) is 6.48. The number of likely N-dealkylation sites (N-methyl/N-ethyl adjacent to an activating group) is 1. The Balaban J connectivity index is 1.53. The molecule has 0 aliphatic rings. The Morgan fingerprint density at radius 3 is 2.68 bits per heavy atom. The minimum absolute atomic E-state index is 0.0108. The largest absolute Gasteiger partial charge is 0.354 e. The zero-order chi connectivity index (χ0) is 19.8. The third kappa shape index (κ3) is 5.27. The lowest BCUT2D eigenvalue weighted by Crippen LogP contribution is -2.38. The van der Waals surface area contributed by atoms with Gasteiger partial charge in [-0.05, 0) is 30.1 Å². The third-order valence-electron chi connectivity index (χ3n) is 4.74. The van der Waals surface area contributed by atoms with E-state index in [0.29, 0.717) is 31.1 Å². The van der Waals surface area contributed by atoms with E-state index in [1.807, 2.05) is 35.0 Å². The molecule has 0 saturated heterocycles. The molecule has 1 unspecified atom stereocenters. The highest BCUT2D eigenvalue weighted by Gasteiger charge is 2.19. The molecule has 28 heavy (non-hydrogen) atoms. The summed E-state index contributed by atoms with van der Waals surface area (Å²) in [5, 5.41) is 11.0. The standard InChI is InChI=1S/C21H26N4O2S/c1-3-25(4-2)18(16-8-6-5-7-9-16)14-22-19(26)10-11-20-23-21(24-27-20)17-12-13-28-15-17/h5-9,12-13,15,18H,3-4,10-11,14H2,1-2H3,(H,22,26). The lowest BCUT2D eigenvalue weighted by atomic mass is 10.0. The highest BCUT2D eigenvalue weighted by molar-refractivity contribution is 7.08. The monoisotopic (exact) mass is 398 g/mol. The third-order valence-corrected chi connectivity index (χ3v) is 5.43. The van der Waals surface area contributed by atoms with Gasteiger partial charge in [0.05, 0.1) is 6.04 Å². The van der Waals surface area contributed by atoms with Crippen LogP contribution < -0.4 is 5.32 Å². The fourth-order valence-corrected chi connectivity index (χ4v) is 3.82. The average Bonchev–Trinajstić information content (AvgIpc) is 3.42. The van der Waals surface area contributed by atoms with E-state index in [0.717, 1.165) is 18.7 Å². The van der Waals surface area contributed by atoms with Crippen molar-refractivity contribution in [1.29, 1.82) is 0 Å². The summed E-state index contributed by atoms with van der Waals surface area (Å²) >= 11 is 1.59. The van der Waals surface area contributed by atoms with Crippen LogP contribution in [-0.4, -0.2) is 40.6 Å². The van der Waals surface area contributed by atoms with Gasteiger partial charge in [-0.25, -0.2) is 0 Å². The van der Waals surface area contributed by atoms with Crippen LogP contribution in [0.25, 0.3) is 11.4 Å². The highest BCUT2D eigenvalue weighted by atomic mass is 32.1. The fourth-order valence-electron chi connectivity index (χ4n) is 3.18. The summed E-state index contributed by atoms with van der Waals surface area (Å²) in [6.45, 7) is 6.72. The van der Waals surface area contributed by atoms with E-state index in [2.05, 4.69) is 46.3 Å². The molecule has 7 heteroatoms. The summed E-state index contributed by atoms with van der Waals surface area (Å²) in [5.41, 5.74) is 2.15. The summed E-state index contributed by atoms with van der Waals surface area (Å²) in [6.07, 6.45) is 0.759. The predicted octanol–water partition coefficient (Wildman–Crippen LogP) is 3.93. The van der Waals surface area contributed by atoms with Crippen LogP contribution in [-0.2, 0) is 11.2 Å². The number of nitrogens with zero attached hydrogens (tertiary/aromatic N) is 3. The van der Waals surface area contributed by atoms with Crippen LogP contribution in [0, 0.1) is 0 Å². The fraction of sp³-hybridized carbons (Fsp3) is 0.381. The van der Waals surface area contributed by atoms with Crippen LogP contribution in [0.2, 0.25) is 0 Å². The molecule has 1 atom stereocenters. The minimum Gasteiger partial charge on any atom is -0.354 e. The molecular formula is C21H26N4O2S. The maximum atomic E-state index is 12.4. The van der Waals surface area contributed by atoms with Gasteiger partial charge in [-0.1, -0.05) is 49.3 Å². The van der Waals surface area contributed by atoms with Gasteiger partial charge < -0.3 is 9.84 Å². The number of carbonyl (C=O) groups is 1. The second-order valence-corrected chi connectivity index (χ2v) is 7.26. The van der Waals surface area contributed by atoms with E-state index >= 15 is 0 Å². The molecule has 1 amide bonds. The smallest absolute Gasteiger partial charge is 0.227 e. The van der Waals surface area contributed by atoms with E-state index in [9.17, 15) is 4.79 Å². The van der Waals surface area contributed by atoms with Crippen molar-refractivity contribution in [2.24, 2.45) is 0 Å². The number of aryl methyl sites for hydroxylation is 1. The quantitative estimate of drug-likeness (QED) is 0.560. The second kappa shape index (κ2) is 10.1. The lowest BCUT2D eigenvalue weighted by molar-refractivity contribution is -0.121. The van der Waals surface area contributed by atoms with Gasteiger partial charge in [0.25, 0.3) is 0 Å². The first kappa shape index (κ1) is 20.2. The van der Waals surface area contributed by atoms with Crippen molar-refractivity contribution >= 4 is 17.2 Å². The predicted molar refractivity (Wildman–Crippen MR) is 111 cm³/mol. The average molecular weight is 399 g/mol. The Labute approximate surface area is 169 Å².